The van der Waals surface area contributed by atoms with Gasteiger partial charge in [-0.2, -0.15) is 0 Å². The van der Waals surface area contributed by atoms with Crippen molar-refractivity contribution in [1.29, 1.82) is 0 Å². The summed E-state index contributed by atoms with van der Waals surface area (Å²) in [6.07, 6.45) is 4.52. The van der Waals surface area contributed by atoms with Gasteiger partial charge in [0, 0.05) is 36.7 Å². The number of carbonyl (C=O) groups is 2. The van der Waals surface area contributed by atoms with Crippen molar-refractivity contribution in [2.24, 2.45) is 5.92 Å². The fourth-order valence-electron chi connectivity index (χ4n) is 7.04. The lowest BCUT2D eigenvalue weighted by atomic mass is 9.82. The Labute approximate surface area is 257 Å². The molecule has 4 aromatic rings. The molecule has 7 rings (SSSR count). The van der Waals surface area contributed by atoms with Gasteiger partial charge in [-0.25, -0.2) is 0 Å². The molecule has 9 nitrogen and oxygen atoms in total. The van der Waals surface area contributed by atoms with Crippen molar-refractivity contribution in [1.82, 2.24) is 15.0 Å². The van der Waals surface area contributed by atoms with Crippen molar-refractivity contribution in [3.63, 3.8) is 0 Å². The minimum Gasteiger partial charge on any atom is -0.382 e. The van der Waals surface area contributed by atoms with E-state index in [9.17, 15) is 14.7 Å². The minimum atomic E-state index is -1.12. The highest BCUT2D eigenvalue weighted by molar-refractivity contribution is 6.08. The molecule has 0 unspecified atom stereocenters. The zero-order valence-corrected chi connectivity index (χ0v) is 24.9. The largest absolute Gasteiger partial charge is 0.382 e. The van der Waals surface area contributed by atoms with Crippen LogP contribution in [0.4, 0.5) is 11.4 Å². The van der Waals surface area contributed by atoms with E-state index < -0.39 is 11.7 Å². The summed E-state index contributed by atoms with van der Waals surface area (Å²) in [6, 6.07) is 25.4. The molecule has 1 spiro atoms. The summed E-state index contributed by atoms with van der Waals surface area (Å²) in [5.41, 5.74) is 3.69. The van der Waals surface area contributed by atoms with E-state index in [0.717, 1.165) is 40.9 Å². The van der Waals surface area contributed by atoms with Gasteiger partial charge in [-0.05, 0) is 55.0 Å². The first-order chi connectivity index (χ1) is 21.4. The maximum Gasteiger partial charge on any atom is 0.264 e. The van der Waals surface area contributed by atoms with Crippen molar-refractivity contribution in [3.8, 4) is 0 Å². The van der Waals surface area contributed by atoms with Crippen LogP contribution in [-0.2, 0) is 33.0 Å². The van der Waals surface area contributed by atoms with Gasteiger partial charge >= 0.3 is 0 Å². The number of aliphatic hydroxyl groups is 1. The zero-order valence-electron chi connectivity index (χ0n) is 24.9. The predicted octanol–water partition coefficient (Wildman–Crippen LogP) is 5.13. The predicted molar refractivity (Wildman–Crippen MR) is 166 cm³/mol. The number of benzene rings is 3. The van der Waals surface area contributed by atoms with Crippen LogP contribution in [0.3, 0.4) is 0 Å². The number of aromatic nitrogens is 3. The molecule has 3 aromatic carbocycles. The number of rotatable bonds is 8. The highest BCUT2D eigenvalue weighted by atomic mass is 16.5. The molecule has 3 aliphatic heterocycles. The summed E-state index contributed by atoms with van der Waals surface area (Å²) in [6.45, 7) is 3.77. The molecule has 0 bridgehead atoms. The number of hydrogen-bond donors (Lipinski definition) is 1. The number of aliphatic hydroxyl groups excluding tert-OH is 1. The summed E-state index contributed by atoms with van der Waals surface area (Å²) >= 11 is 0. The maximum absolute atomic E-state index is 14.5. The van der Waals surface area contributed by atoms with Gasteiger partial charge in [0.1, 0.15) is 11.8 Å². The third-order valence-electron chi connectivity index (χ3n) is 9.35. The van der Waals surface area contributed by atoms with Crippen molar-refractivity contribution < 1.29 is 19.4 Å². The van der Waals surface area contributed by atoms with Crippen molar-refractivity contribution in [2.45, 2.75) is 69.9 Å². The Hall–Kier alpha value is -4.34. The molecule has 9 heteroatoms. The molecule has 226 valence electrons. The van der Waals surface area contributed by atoms with Crippen LogP contribution in [0, 0.1) is 5.92 Å². The van der Waals surface area contributed by atoms with E-state index in [2.05, 4.69) is 17.2 Å². The van der Waals surface area contributed by atoms with Gasteiger partial charge in [-0.1, -0.05) is 72.8 Å². The minimum absolute atomic E-state index is 0.0532. The number of piperidine rings is 1. The monoisotopic (exact) mass is 591 g/mol. The van der Waals surface area contributed by atoms with E-state index in [0.29, 0.717) is 44.6 Å². The number of hydrogen-bond acceptors (Lipinski definition) is 6. The topological polar surface area (TPSA) is 101 Å². The number of anilines is 2. The van der Waals surface area contributed by atoms with Crippen LogP contribution in [0.2, 0.25) is 0 Å². The fourth-order valence-corrected chi connectivity index (χ4v) is 7.04. The Bertz CT molecular complexity index is 1660. The second kappa shape index (κ2) is 11.6. The van der Waals surface area contributed by atoms with Crippen LogP contribution in [0.5, 0.6) is 0 Å². The smallest absolute Gasteiger partial charge is 0.264 e. The molecule has 0 radical (unpaired) electrons. The van der Waals surface area contributed by atoms with Crippen molar-refractivity contribution in [2.75, 3.05) is 16.3 Å². The van der Waals surface area contributed by atoms with Crippen LogP contribution in [0.1, 0.15) is 67.5 Å². The Morgan fingerprint density at radius 1 is 1.02 bits per heavy atom. The molecule has 0 saturated carbocycles. The number of amides is 2. The second-order valence-electron chi connectivity index (χ2n) is 12.2. The van der Waals surface area contributed by atoms with Gasteiger partial charge in [0.05, 0.1) is 24.5 Å². The Kier molecular flexibility index (Phi) is 7.52. The van der Waals surface area contributed by atoms with Crippen LogP contribution >= 0.6 is 0 Å². The van der Waals surface area contributed by atoms with Crippen molar-refractivity contribution in [3.05, 3.63) is 107 Å². The van der Waals surface area contributed by atoms with Gasteiger partial charge in [0.15, 0.2) is 5.60 Å². The molecule has 3 aliphatic rings. The Morgan fingerprint density at radius 3 is 2.57 bits per heavy atom. The van der Waals surface area contributed by atoms with E-state index in [-0.39, 0.29) is 23.8 Å². The molecule has 4 atom stereocenters. The third kappa shape index (κ3) is 5.00. The maximum atomic E-state index is 14.5. The Balaban J connectivity index is 1.14. The van der Waals surface area contributed by atoms with E-state index >= 15 is 0 Å². The molecular weight excluding hydrogens is 554 g/mol. The molecule has 2 amide bonds. The molecule has 1 N–H and O–H groups in total. The number of fused-ring (bicyclic) bond motifs is 2. The van der Waals surface area contributed by atoms with Crippen LogP contribution in [0.25, 0.3) is 0 Å². The number of aryl methyl sites for hydroxylation is 1. The van der Waals surface area contributed by atoms with Gasteiger partial charge in [-0.3, -0.25) is 14.3 Å². The molecule has 2 fully saturated rings. The molecule has 2 saturated heterocycles. The standard InChI is InChI=1S/C35H37N5O4/c1-24-20-28(17-19-38-23-30(36-37-38)33(42)26-12-6-3-7-13-26)44-35(24)29-21-27(39-18-9-8-14-32(39)41)15-16-31(29)40(34(35)43)22-25-10-4-2-5-11-25/h2-7,10-13,15-16,21,23-24,28,33,42H,8-9,14,17-20,22H2,1H3/t24-,28+,33-,35+/m1/s1. The van der Waals surface area contributed by atoms with E-state index in [1.807, 2.05) is 88.7 Å². The number of carbonyl (C=O) groups excluding carboxylic acids is 2. The van der Waals surface area contributed by atoms with Gasteiger partial charge in [-0.15, -0.1) is 5.10 Å². The SMILES string of the molecule is C[C@@H]1C[C@H](CCn2cc([C@H](O)c3ccccc3)nn2)O[C@@]12C(=O)N(Cc1ccccc1)c1ccc(N3CCCCC3=O)cc12. The first kappa shape index (κ1) is 28.4. The Morgan fingerprint density at radius 2 is 1.80 bits per heavy atom. The highest BCUT2D eigenvalue weighted by Crippen LogP contribution is 2.54. The van der Waals surface area contributed by atoms with E-state index in [1.165, 1.54) is 0 Å². The van der Waals surface area contributed by atoms with E-state index in [4.69, 9.17) is 4.74 Å². The van der Waals surface area contributed by atoms with Gasteiger partial charge < -0.3 is 19.6 Å². The van der Waals surface area contributed by atoms with Gasteiger partial charge in [0.2, 0.25) is 5.91 Å². The van der Waals surface area contributed by atoms with Crippen molar-refractivity contribution >= 4 is 23.2 Å². The number of ether oxygens (including phenoxy) is 1. The zero-order chi connectivity index (χ0) is 30.3. The molecule has 44 heavy (non-hydrogen) atoms. The lowest BCUT2D eigenvalue weighted by Gasteiger charge is -2.30. The van der Waals surface area contributed by atoms with Crippen LogP contribution in [0.15, 0.2) is 85.1 Å². The molecule has 4 heterocycles. The third-order valence-corrected chi connectivity index (χ3v) is 9.35. The normalized spacial score (nSPS) is 23.9. The second-order valence-corrected chi connectivity index (χ2v) is 12.2. The number of nitrogens with zero attached hydrogens (tertiary/aromatic N) is 5. The lowest BCUT2D eigenvalue weighted by Crippen LogP contribution is -2.43. The first-order valence-corrected chi connectivity index (χ1v) is 15.6. The van der Waals surface area contributed by atoms with Crippen LogP contribution in [-0.4, -0.2) is 44.6 Å². The summed E-state index contributed by atoms with van der Waals surface area (Å²) in [4.78, 5) is 31.0. The van der Waals surface area contributed by atoms with E-state index in [1.54, 1.807) is 10.9 Å². The molecule has 0 aliphatic carbocycles. The quantitative estimate of drug-likeness (QED) is 0.305. The summed E-state index contributed by atoms with van der Waals surface area (Å²) in [7, 11) is 0. The summed E-state index contributed by atoms with van der Waals surface area (Å²) < 4.78 is 8.57. The molecule has 1 aromatic heterocycles. The summed E-state index contributed by atoms with van der Waals surface area (Å²) in [5.74, 6) is -0.000829. The van der Waals surface area contributed by atoms with Crippen LogP contribution < -0.4 is 9.80 Å². The average Bonchev–Trinajstić information content (AvgIpc) is 3.73. The lowest BCUT2D eigenvalue weighted by molar-refractivity contribution is -0.146. The first-order valence-electron chi connectivity index (χ1n) is 15.6. The highest BCUT2D eigenvalue weighted by Gasteiger charge is 2.60. The summed E-state index contributed by atoms with van der Waals surface area (Å²) in [5, 5.41) is 19.2. The molecular formula is C35H37N5O4. The fraction of sp³-hybridized carbons (Fsp3) is 0.371. The average molecular weight is 592 g/mol. The van der Waals surface area contributed by atoms with Gasteiger partial charge in [0.25, 0.3) is 5.91 Å².